The molecule has 0 saturated heterocycles. The van der Waals surface area contributed by atoms with Crippen LogP contribution in [0.25, 0.3) is 10.9 Å². The average molecular weight is 573 g/mol. The molecule has 0 amide bonds. The van der Waals surface area contributed by atoms with Crippen LogP contribution in [0.3, 0.4) is 0 Å². The summed E-state index contributed by atoms with van der Waals surface area (Å²) in [7, 11) is 1.48. The zero-order chi connectivity index (χ0) is 26.0. The number of methoxy groups -OCH3 is 1. The van der Waals surface area contributed by atoms with Crippen LogP contribution in [-0.2, 0) is 12.0 Å². The highest BCUT2D eigenvalue weighted by Gasteiger charge is 2.23. The highest BCUT2D eigenvalue weighted by Crippen LogP contribution is 2.35. The summed E-state index contributed by atoms with van der Waals surface area (Å²) in [5, 5.41) is 5.31. The number of rotatable bonds is 6. The summed E-state index contributed by atoms with van der Waals surface area (Å²) in [5.41, 5.74) is 0.626. The van der Waals surface area contributed by atoms with Crippen molar-refractivity contribution >= 4 is 44.6 Å². The topological polar surface area (TPSA) is 65.7 Å². The first-order valence-electron chi connectivity index (χ1n) is 11.1. The Hall–Kier alpha value is -3.23. The van der Waals surface area contributed by atoms with E-state index in [1.807, 2.05) is 26.8 Å². The zero-order valence-corrected chi connectivity index (χ0v) is 22.5. The van der Waals surface area contributed by atoms with Crippen LogP contribution in [0.1, 0.15) is 37.7 Å². The summed E-state index contributed by atoms with van der Waals surface area (Å²) in [5.74, 6) is 0.775. The molecule has 1 aromatic heterocycles. The Bertz CT molecular complexity index is 1530. The van der Waals surface area contributed by atoms with Crippen LogP contribution in [0.2, 0.25) is 5.02 Å². The van der Waals surface area contributed by atoms with E-state index in [1.165, 1.54) is 24.1 Å². The van der Waals surface area contributed by atoms with Crippen molar-refractivity contribution in [3.05, 3.63) is 97.2 Å². The molecular formula is C27H24BrClFN3O3. The van der Waals surface area contributed by atoms with Crippen LogP contribution in [0.15, 0.2) is 69.0 Å². The van der Waals surface area contributed by atoms with Gasteiger partial charge in [-0.15, -0.1) is 0 Å². The molecule has 1 heterocycles. The average Bonchev–Trinajstić information content (AvgIpc) is 2.83. The van der Waals surface area contributed by atoms with Crippen LogP contribution in [-0.4, -0.2) is 23.0 Å². The number of halogens is 3. The summed E-state index contributed by atoms with van der Waals surface area (Å²) in [6, 6.07) is 14.9. The van der Waals surface area contributed by atoms with Gasteiger partial charge in [-0.05, 0) is 30.3 Å². The number of ether oxygens (including phenoxy) is 2. The fourth-order valence-electron chi connectivity index (χ4n) is 3.62. The highest BCUT2D eigenvalue weighted by atomic mass is 79.9. The van der Waals surface area contributed by atoms with Crippen LogP contribution in [0, 0.1) is 5.82 Å². The molecular weight excluding hydrogens is 549 g/mol. The van der Waals surface area contributed by atoms with E-state index in [0.717, 1.165) is 4.47 Å². The second kappa shape index (κ2) is 10.4. The second-order valence-electron chi connectivity index (χ2n) is 9.11. The lowest BCUT2D eigenvalue weighted by Gasteiger charge is -2.21. The van der Waals surface area contributed by atoms with Crippen molar-refractivity contribution in [2.75, 3.05) is 7.11 Å². The lowest BCUT2D eigenvalue weighted by Crippen LogP contribution is -2.29. The Balaban J connectivity index is 1.83. The lowest BCUT2D eigenvalue weighted by atomic mass is 9.95. The van der Waals surface area contributed by atoms with Gasteiger partial charge in [-0.2, -0.15) is 9.78 Å². The van der Waals surface area contributed by atoms with Gasteiger partial charge >= 0.3 is 0 Å². The summed E-state index contributed by atoms with van der Waals surface area (Å²) >= 11 is 9.73. The number of hydrogen-bond donors (Lipinski definition) is 0. The van der Waals surface area contributed by atoms with Crippen LogP contribution >= 0.6 is 27.5 Å². The molecule has 9 heteroatoms. The molecule has 0 aliphatic heterocycles. The molecule has 4 rings (SSSR count). The van der Waals surface area contributed by atoms with Gasteiger partial charge in [0.25, 0.3) is 5.56 Å². The SMILES string of the molecule is COc1cc(Cl)cc(C=Nn2c(C(C)(C)C)nc3ccc(Br)cc3c2=O)c1OCc1ccccc1F. The Morgan fingerprint density at radius 3 is 2.61 bits per heavy atom. The first-order valence-corrected chi connectivity index (χ1v) is 12.3. The van der Waals surface area contributed by atoms with Gasteiger partial charge in [0.05, 0.1) is 24.2 Å². The molecule has 0 unspecified atom stereocenters. The maximum atomic E-state index is 14.2. The lowest BCUT2D eigenvalue weighted by molar-refractivity contribution is 0.279. The maximum absolute atomic E-state index is 14.2. The van der Waals surface area contributed by atoms with Gasteiger partial charge in [-0.1, -0.05) is 66.5 Å². The van der Waals surface area contributed by atoms with Crippen LogP contribution in [0.5, 0.6) is 11.5 Å². The molecule has 0 N–H and O–H groups in total. The van der Waals surface area contributed by atoms with Crippen molar-refractivity contribution in [1.82, 2.24) is 9.66 Å². The molecule has 36 heavy (non-hydrogen) atoms. The molecule has 4 aromatic rings. The fourth-order valence-corrected chi connectivity index (χ4v) is 4.20. The minimum atomic E-state index is -0.478. The summed E-state index contributed by atoms with van der Waals surface area (Å²) in [6.45, 7) is 5.83. The first kappa shape index (κ1) is 25.9. The van der Waals surface area contributed by atoms with E-state index in [4.69, 9.17) is 26.1 Å². The van der Waals surface area contributed by atoms with Crippen molar-refractivity contribution in [1.29, 1.82) is 0 Å². The van der Waals surface area contributed by atoms with E-state index in [2.05, 4.69) is 21.0 Å². The van der Waals surface area contributed by atoms with E-state index in [9.17, 15) is 9.18 Å². The van der Waals surface area contributed by atoms with Gasteiger partial charge < -0.3 is 9.47 Å². The van der Waals surface area contributed by atoms with Gasteiger partial charge in [-0.25, -0.2) is 9.37 Å². The van der Waals surface area contributed by atoms with E-state index in [0.29, 0.717) is 44.4 Å². The molecule has 3 aromatic carbocycles. The third-order valence-electron chi connectivity index (χ3n) is 5.39. The highest BCUT2D eigenvalue weighted by molar-refractivity contribution is 9.10. The molecule has 186 valence electrons. The Morgan fingerprint density at radius 1 is 1.17 bits per heavy atom. The number of hydrogen-bond acceptors (Lipinski definition) is 5. The minimum absolute atomic E-state index is 0.0374. The standard InChI is InChI=1S/C27H24BrClFN3O3/c1-27(2,3)26-32-22-10-9-18(28)12-20(22)25(34)33(26)31-14-17-11-19(29)13-23(35-4)24(17)36-15-16-7-5-6-8-21(16)30/h5-14H,15H2,1-4H3. The Morgan fingerprint density at radius 2 is 1.92 bits per heavy atom. The van der Waals surface area contributed by atoms with E-state index < -0.39 is 5.41 Å². The van der Waals surface area contributed by atoms with Gasteiger partial charge in [0.15, 0.2) is 11.5 Å². The van der Waals surface area contributed by atoms with E-state index >= 15 is 0 Å². The monoisotopic (exact) mass is 571 g/mol. The summed E-state index contributed by atoms with van der Waals surface area (Å²) in [6.07, 6.45) is 1.47. The minimum Gasteiger partial charge on any atom is -0.493 e. The first-order chi connectivity index (χ1) is 17.1. The predicted octanol–water partition coefficient (Wildman–Crippen LogP) is 6.72. The molecule has 0 atom stereocenters. The normalized spacial score (nSPS) is 11.9. The van der Waals surface area contributed by atoms with Crippen molar-refractivity contribution < 1.29 is 13.9 Å². The van der Waals surface area contributed by atoms with Crippen molar-refractivity contribution in [2.24, 2.45) is 5.10 Å². The number of benzene rings is 3. The molecule has 0 bridgehead atoms. The smallest absolute Gasteiger partial charge is 0.282 e. The van der Waals surface area contributed by atoms with Gasteiger partial charge in [-0.3, -0.25) is 4.79 Å². The molecule has 6 nitrogen and oxygen atoms in total. The third kappa shape index (κ3) is 5.44. The Kier molecular flexibility index (Phi) is 7.47. The summed E-state index contributed by atoms with van der Waals surface area (Å²) < 4.78 is 27.6. The van der Waals surface area contributed by atoms with Crippen molar-refractivity contribution in [2.45, 2.75) is 32.8 Å². The van der Waals surface area contributed by atoms with Crippen LogP contribution < -0.4 is 15.0 Å². The quantitative estimate of drug-likeness (QED) is 0.241. The van der Waals surface area contributed by atoms with Crippen molar-refractivity contribution in [3.8, 4) is 11.5 Å². The molecule has 0 aliphatic carbocycles. The van der Waals surface area contributed by atoms with Crippen LogP contribution in [0.4, 0.5) is 4.39 Å². The molecule has 0 saturated carbocycles. The largest absolute Gasteiger partial charge is 0.493 e. The van der Waals surface area contributed by atoms with Gasteiger partial charge in [0.2, 0.25) is 0 Å². The van der Waals surface area contributed by atoms with Crippen molar-refractivity contribution in [3.63, 3.8) is 0 Å². The maximum Gasteiger partial charge on any atom is 0.282 e. The predicted molar refractivity (Wildman–Crippen MR) is 144 cm³/mol. The van der Waals surface area contributed by atoms with Gasteiger partial charge in [0.1, 0.15) is 18.2 Å². The second-order valence-corrected chi connectivity index (χ2v) is 10.5. The third-order valence-corrected chi connectivity index (χ3v) is 6.10. The summed E-state index contributed by atoms with van der Waals surface area (Å²) in [4.78, 5) is 18.2. The number of aromatic nitrogens is 2. The zero-order valence-electron chi connectivity index (χ0n) is 20.2. The van der Waals surface area contributed by atoms with Gasteiger partial charge in [0, 0.05) is 32.1 Å². The molecule has 0 fully saturated rings. The fraction of sp³-hybridized carbons (Fsp3) is 0.222. The number of nitrogens with zero attached hydrogens (tertiary/aromatic N) is 3. The molecule has 0 spiro atoms. The molecule has 0 radical (unpaired) electrons. The molecule has 0 aliphatic rings. The van der Waals surface area contributed by atoms with E-state index in [1.54, 1.807) is 42.5 Å². The Labute approximate surface area is 221 Å². The number of fused-ring (bicyclic) bond motifs is 1. The van der Waals surface area contributed by atoms with E-state index in [-0.39, 0.29) is 18.0 Å².